The molecule has 0 radical (unpaired) electrons. The summed E-state index contributed by atoms with van der Waals surface area (Å²) in [5.74, 6) is -1.98. The van der Waals surface area contributed by atoms with Crippen LogP contribution < -0.4 is 29.6 Å². The van der Waals surface area contributed by atoms with Gasteiger partial charge in [-0.3, -0.25) is 0 Å². The number of pyridine rings is 2. The molecule has 2 rings (SSSR count). The molecule has 0 aromatic carbocycles. The molecule has 2 aromatic rings. The summed E-state index contributed by atoms with van der Waals surface area (Å²) in [4.78, 5) is 27.4. The van der Waals surface area contributed by atoms with E-state index in [4.69, 9.17) is 10.2 Å². The van der Waals surface area contributed by atoms with Crippen LogP contribution in [0, 0.1) is 0 Å². The van der Waals surface area contributed by atoms with Gasteiger partial charge in [-0.1, -0.05) is 12.1 Å². The van der Waals surface area contributed by atoms with E-state index in [2.05, 4.69) is 9.97 Å². The second kappa shape index (κ2) is 9.21. The quantitative estimate of drug-likeness (QED) is 0.656. The van der Waals surface area contributed by atoms with Crippen LogP contribution in [0.5, 0.6) is 0 Å². The van der Waals surface area contributed by atoms with Gasteiger partial charge in [0.25, 0.3) is 0 Å². The fourth-order valence-electron chi connectivity index (χ4n) is 0.979. The molecule has 0 fully saturated rings. The molecule has 0 aliphatic carbocycles. The van der Waals surface area contributed by atoms with Crippen LogP contribution in [0.25, 0.3) is 0 Å². The normalized spacial score (nSPS) is 8.42. The van der Waals surface area contributed by atoms with E-state index < -0.39 is 11.9 Å². The molecular formula is C12H11N2NaO4. The average Bonchev–Trinajstić information content (AvgIpc) is 2.41. The molecule has 0 aliphatic heterocycles. The van der Waals surface area contributed by atoms with Crippen molar-refractivity contribution in [3.05, 3.63) is 60.2 Å². The number of nitrogens with zero attached hydrogens (tertiary/aromatic N) is 2. The summed E-state index contributed by atoms with van der Waals surface area (Å²) >= 11 is 0. The summed E-state index contributed by atoms with van der Waals surface area (Å²) in [5, 5.41) is 16.6. The predicted octanol–water partition coefficient (Wildman–Crippen LogP) is -1.32. The van der Waals surface area contributed by atoms with E-state index in [1.54, 1.807) is 24.3 Å². The molecule has 2 heterocycles. The van der Waals surface area contributed by atoms with Gasteiger partial charge in [-0.25, -0.2) is 19.6 Å². The zero-order valence-electron chi connectivity index (χ0n) is 11.2. The van der Waals surface area contributed by atoms with Gasteiger partial charge in [0, 0.05) is 12.4 Å². The Hall–Kier alpha value is -1.76. The maximum Gasteiger partial charge on any atom is 1.00 e. The largest absolute Gasteiger partial charge is 1.00 e. The summed E-state index contributed by atoms with van der Waals surface area (Å²) in [6.45, 7) is 0. The number of carboxylic acid groups (broad SMARTS) is 2. The molecule has 2 N–H and O–H groups in total. The number of rotatable bonds is 2. The first-order valence-corrected chi connectivity index (χ1v) is 4.90. The number of carbonyl (C=O) groups is 2. The van der Waals surface area contributed by atoms with E-state index in [9.17, 15) is 9.59 Å². The second-order valence-corrected chi connectivity index (χ2v) is 3.04. The van der Waals surface area contributed by atoms with Crippen molar-refractivity contribution in [2.75, 3.05) is 0 Å². The minimum atomic E-state index is -0.990. The van der Waals surface area contributed by atoms with Gasteiger partial charge in [0.15, 0.2) is 0 Å². The van der Waals surface area contributed by atoms with E-state index in [0.717, 1.165) is 0 Å². The molecule has 0 saturated heterocycles. The van der Waals surface area contributed by atoms with Crippen LogP contribution in [-0.2, 0) is 0 Å². The van der Waals surface area contributed by atoms with Gasteiger partial charge in [0.1, 0.15) is 11.4 Å². The van der Waals surface area contributed by atoms with Crippen molar-refractivity contribution in [2.24, 2.45) is 0 Å². The Morgan fingerprint density at radius 3 is 1.37 bits per heavy atom. The number of aromatic nitrogens is 2. The van der Waals surface area contributed by atoms with Gasteiger partial charge in [0.05, 0.1) is 0 Å². The van der Waals surface area contributed by atoms with Crippen LogP contribution in [0.15, 0.2) is 48.8 Å². The Kier molecular flexibility index (Phi) is 8.35. The topological polar surface area (TPSA) is 100 Å². The Bertz CT molecular complexity index is 476. The predicted molar refractivity (Wildman–Crippen MR) is 63.5 cm³/mol. The van der Waals surface area contributed by atoms with E-state index in [-0.39, 0.29) is 42.4 Å². The first-order valence-electron chi connectivity index (χ1n) is 4.90. The monoisotopic (exact) mass is 270 g/mol. The maximum absolute atomic E-state index is 10.1. The molecule has 0 aliphatic rings. The van der Waals surface area contributed by atoms with Gasteiger partial charge < -0.3 is 11.6 Å². The minimum Gasteiger partial charge on any atom is -1.00 e. The number of hydrogen-bond donors (Lipinski definition) is 2. The van der Waals surface area contributed by atoms with Crippen LogP contribution in [0.3, 0.4) is 0 Å². The number of carboxylic acids is 2. The third-order valence-electron chi connectivity index (χ3n) is 1.77. The molecule has 19 heavy (non-hydrogen) atoms. The third kappa shape index (κ3) is 6.66. The first kappa shape index (κ1) is 17.2. The Labute approximate surface area is 132 Å². The zero-order chi connectivity index (χ0) is 13.4. The van der Waals surface area contributed by atoms with Gasteiger partial charge in [-0.15, -0.1) is 0 Å². The molecule has 0 bridgehead atoms. The van der Waals surface area contributed by atoms with Crippen molar-refractivity contribution in [3.63, 3.8) is 0 Å². The molecule has 2 aromatic heterocycles. The van der Waals surface area contributed by atoms with Gasteiger partial charge in [0.2, 0.25) is 0 Å². The van der Waals surface area contributed by atoms with E-state index in [1.807, 2.05) is 0 Å². The average molecular weight is 270 g/mol. The Morgan fingerprint density at radius 1 is 0.842 bits per heavy atom. The molecule has 0 saturated carbocycles. The van der Waals surface area contributed by atoms with Gasteiger partial charge in [-0.05, 0) is 24.3 Å². The van der Waals surface area contributed by atoms with Crippen molar-refractivity contribution in [1.29, 1.82) is 0 Å². The summed E-state index contributed by atoms with van der Waals surface area (Å²) in [6, 6.07) is 9.51. The van der Waals surface area contributed by atoms with Crippen LogP contribution in [0.2, 0.25) is 0 Å². The summed E-state index contributed by atoms with van der Waals surface area (Å²) in [7, 11) is 0. The molecule has 0 atom stereocenters. The minimum absolute atomic E-state index is 0. The van der Waals surface area contributed by atoms with Crippen LogP contribution >= 0.6 is 0 Å². The molecule has 7 heteroatoms. The molecule has 0 spiro atoms. The maximum atomic E-state index is 10.1. The van der Waals surface area contributed by atoms with Crippen molar-refractivity contribution in [1.82, 2.24) is 9.97 Å². The van der Waals surface area contributed by atoms with Gasteiger partial charge >= 0.3 is 41.5 Å². The molecule has 0 unspecified atom stereocenters. The zero-order valence-corrected chi connectivity index (χ0v) is 12.2. The Morgan fingerprint density at radius 2 is 1.21 bits per heavy atom. The van der Waals surface area contributed by atoms with E-state index in [0.29, 0.717) is 0 Å². The fraction of sp³-hybridized carbons (Fsp3) is 0. The molecule has 0 amide bonds. The van der Waals surface area contributed by atoms with Crippen LogP contribution in [0.1, 0.15) is 22.4 Å². The molecular weight excluding hydrogens is 259 g/mol. The summed E-state index contributed by atoms with van der Waals surface area (Å²) in [5.41, 5.74) is 0.162. The third-order valence-corrected chi connectivity index (χ3v) is 1.77. The standard InChI is InChI=1S/2C6H5NO2.Na.H/c2*8-6(9)5-3-1-2-4-7-5;;/h2*1-4H,(H,8,9);;/q;;+1;-1. The summed E-state index contributed by atoms with van der Waals surface area (Å²) < 4.78 is 0. The summed E-state index contributed by atoms with van der Waals surface area (Å²) in [6.07, 6.45) is 2.90. The first-order chi connectivity index (χ1) is 8.61. The van der Waals surface area contributed by atoms with Gasteiger partial charge in [-0.2, -0.15) is 0 Å². The van der Waals surface area contributed by atoms with Crippen LogP contribution in [-0.4, -0.2) is 32.1 Å². The fourth-order valence-corrected chi connectivity index (χ4v) is 0.979. The molecule has 94 valence electrons. The number of hydrogen-bond acceptors (Lipinski definition) is 4. The Balaban J connectivity index is 0. The number of aromatic carboxylic acids is 2. The van der Waals surface area contributed by atoms with E-state index in [1.165, 1.54) is 24.5 Å². The van der Waals surface area contributed by atoms with Crippen molar-refractivity contribution in [3.8, 4) is 0 Å². The van der Waals surface area contributed by atoms with Crippen molar-refractivity contribution in [2.45, 2.75) is 0 Å². The van der Waals surface area contributed by atoms with Crippen molar-refractivity contribution < 1.29 is 50.8 Å². The smallest absolute Gasteiger partial charge is 1.00 e. The molecule has 6 nitrogen and oxygen atoms in total. The van der Waals surface area contributed by atoms with E-state index >= 15 is 0 Å². The SMILES string of the molecule is O=C(O)c1ccccn1.O=C(O)c1ccccn1.[H-].[Na+]. The van der Waals surface area contributed by atoms with Crippen molar-refractivity contribution >= 4 is 11.9 Å². The second-order valence-electron chi connectivity index (χ2n) is 3.04. The van der Waals surface area contributed by atoms with Crippen LogP contribution in [0.4, 0.5) is 0 Å².